The van der Waals surface area contributed by atoms with Crippen molar-refractivity contribution >= 4 is 11.9 Å². The fourth-order valence-corrected chi connectivity index (χ4v) is 4.05. The van der Waals surface area contributed by atoms with Crippen molar-refractivity contribution in [2.45, 2.75) is 50.7 Å². The lowest BCUT2D eigenvalue weighted by Crippen LogP contribution is -2.44. The van der Waals surface area contributed by atoms with Gasteiger partial charge in [-0.1, -0.05) is 0 Å². The topological polar surface area (TPSA) is 79.7 Å². The summed E-state index contributed by atoms with van der Waals surface area (Å²) in [6.07, 6.45) is -0.845. The second-order valence-corrected chi connectivity index (χ2v) is 7.38. The molecule has 1 aliphatic heterocycles. The number of halogens is 3. The van der Waals surface area contributed by atoms with E-state index < -0.39 is 18.1 Å². The van der Waals surface area contributed by atoms with E-state index in [4.69, 9.17) is 9.84 Å². The molecule has 1 saturated carbocycles. The van der Waals surface area contributed by atoms with Crippen LogP contribution in [0.4, 0.5) is 13.2 Å². The number of aromatic nitrogens is 1. The molecule has 2 fully saturated rings. The standard InChI is InChI=1S/C19H23F3N2O4/c20-19(21,22)13-7-5-12(6-8-13)17(25)24-10-2-3-14(24)11-28-15-4-1-9-23-16(15)18(26)27/h1,4,9,12-14H,2-3,5-8,10-11H2,(H,26,27). The predicted molar refractivity (Wildman–Crippen MR) is 92.9 cm³/mol. The van der Waals surface area contributed by atoms with Gasteiger partial charge in [0, 0.05) is 18.7 Å². The number of nitrogens with zero attached hydrogens (tertiary/aromatic N) is 2. The average molecular weight is 400 g/mol. The number of carbonyl (C=O) groups excluding carboxylic acids is 1. The van der Waals surface area contributed by atoms with Crippen molar-refractivity contribution in [3.05, 3.63) is 24.0 Å². The molecule has 28 heavy (non-hydrogen) atoms. The smallest absolute Gasteiger partial charge is 0.391 e. The Kier molecular flexibility index (Phi) is 6.10. The van der Waals surface area contributed by atoms with Crippen LogP contribution in [0.3, 0.4) is 0 Å². The van der Waals surface area contributed by atoms with Gasteiger partial charge in [0.15, 0.2) is 11.4 Å². The zero-order valence-electron chi connectivity index (χ0n) is 15.3. The highest BCUT2D eigenvalue weighted by molar-refractivity contribution is 5.88. The molecule has 154 valence electrons. The van der Waals surface area contributed by atoms with Gasteiger partial charge in [0.05, 0.1) is 12.0 Å². The van der Waals surface area contributed by atoms with Crippen LogP contribution in [-0.2, 0) is 4.79 Å². The number of hydrogen-bond acceptors (Lipinski definition) is 4. The summed E-state index contributed by atoms with van der Waals surface area (Å²) in [5.74, 6) is -2.87. The molecule has 1 unspecified atom stereocenters. The zero-order chi connectivity index (χ0) is 20.3. The molecule has 0 aromatic carbocycles. The normalized spacial score (nSPS) is 25.5. The summed E-state index contributed by atoms with van der Waals surface area (Å²) < 4.78 is 44.1. The van der Waals surface area contributed by atoms with E-state index >= 15 is 0 Å². The largest absolute Gasteiger partial charge is 0.489 e. The number of carboxylic acids is 1. The molecule has 1 aromatic heterocycles. The number of likely N-dealkylation sites (tertiary alicyclic amines) is 1. The van der Waals surface area contributed by atoms with Crippen molar-refractivity contribution < 1.29 is 32.6 Å². The number of alkyl halides is 3. The molecule has 0 spiro atoms. The van der Waals surface area contributed by atoms with Gasteiger partial charge in [-0.3, -0.25) is 4.79 Å². The first-order valence-electron chi connectivity index (χ1n) is 9.45. The summed E-state index contributed by atoms with van der Waals surface area (Å²) in [5, 5.41) is 9.16. The summed E-state index contributed by atoms with van der Waals surface area (Å²) in [7, 11) is 0. The molecule has 2 heterocycles. The molecule has 1 amide bonds. The second-order valence-electron chi connectivity index (χ2n) is 7.38. The third-order valence-corrected chi connectivity index (χ3v) is 5.60. The first-order chi connectivity index (χ1) is 13.3. The first-order valence-corrected chi connectivity index (χ1v) is 9.45. The van der Waals surface area contributed by atoms with E-state index in [1.165, 1.54) is 12.3 Å². The van der Waals surface area contributed by atoms with Crippen LogP contribution in [0.25, 0.3) is 0 Å². The Morgan fingerprint density at radius 1 is 1.21 bits per heavy atom. The molecular formula is C19H23F3N2O4. The fourth-order valence-electron chi connectivity index (χ4n) is 4.05. The quantitative estimate of drug-likeness (QED) is 0.818. The third kappa shape index (κ3) is 4.56. The van der Waals surface area contributed by atoms with Crippen LogP contribution in [0.5, 0.6) is 5.75 Å². The van der Waals surface area contributed by atoms with E-state index in [0.29, 0.717) is 13.0 Å². The highest BCUT2D eigenvalue weighted by Crippen LogP contribution is 2.40. The van der Waals surface area contributed by atoms with Crippen molar-refractivity contribution in [2.24, 2.45) is 11.8 Å². The van der Waals surface area contributed by atoms with Crippen LogP contribution >= 0.6 is 0 Å². The van der Waals surface area contributed by atoms with Gasteiger partial charge in [-0.05, 0) is 50.7 Å². The molecule has 6 nitrogen and oxygen atoms in total. The highest BCUT2D eigenvalue weighted by atomic mass is 19.4. The van der Waals surface area contributed by atoms with Crippen molar-refractivity contribution in [1.29, 1.82) is 0 Å². The number of rotatable bonds is 5. The molecular weight excluding hydrogens is 377 g/mol. The first kappa shape index (κ1) is 20.4. The van der Waals surface area contributed by atoms with Gasteiger partial charge in [-0.25, -0.2) is 9.78 Å². The summed E-state index contributed by atoms with van der Waals surface area (Å²) in [6, 6.07) is 2.86. The summed E-state index contributed by atoms with van der Waals surface area (Å²) in [4.78, 5) is 29.5. The number of carboxylic acid groups (broad SMARTS) is 1. The monoisotopic (exact) mass is 400 g/mol. The Hall–Kier alpha value is -2.32. The molecule has 2 aliphatic rings. The van der Waals surface area contributed by atoms with E-state index in [1.807, 2.05) is 0 Å². The lowest BCUT2D eigenvalue weighted by Gasteiger charge is -2.33. The van der Waals surface area contributed by atoms with Crippen LogP contribution in [0.15, 0.2) is 18.3 Å². The van der Waals surface area contributed by atoms with E-state index in [0.717, 1.165) is 6.42 Å². The van der Waals surface area contributed by atoms with Crippen molar-refractivity contribution in [3.8, 4) is 5.75 Å². The third-order valence-electron chi connectivity index (χ3n) is 5.60. The van der Waals surface area contributed by atoms with Gasteiger partial charge < -0.3 is 14.7 Å². The SMILES string of the molecule is O=C(O)c1ncccc1OCC1CCCN1C(=O)C1CCC(C(F)(F)F)CC1. The van der Waals surface area contributed by atoms with Gasteiger partial charge in [-0.15, -0.1) is 0 Å². The van der Waals surface area contributed by atoms with Gasteiger partial charge in [0.25, 0.3) is 0 Å². The Morgan fingerprint density at radius 3 is 2.57 bits per heavy atom. The molecule has 9 heteroatoms. The Morgan fingerprint density at radius 2 is 1.93 bits per heavy atom. The van der Waals surface area contributed by atoms with Crippen LogP contribution < -0.4 is 4.74 Å². The molecule has 3 rings (SSSR count). The average Bonchev–Trinajstić information content (AvgIpc) is 3.14. The zero-order valence-corrected chi connectivity index (χ0v) is 15.3. The maximum Gasteiger partial charge on any atom is 0.391 e. The van der Waals surface area contributed by atoms with Crippen molar-refractivity contribution in [1.82, 2.24) is 9.88 Å². The summed E-state index contributed by atoms with van der Waals surface area (Å²) in [5.41, 5.74) is -0.191. The van der Waals surface area contributed by atoms with Crippen LogP contribution in [0.2, 0.25) is 0 Å². The maximum absolute atomic E-state index is 12.8. The van der Waals surface area contributed by atoms with Crippen LogP contribution in [0, 0.1) is 11.8 Å². The lowest BCUT2D eigenvalue weighted by molar-refractivity contribution is -0.185. The number of aromatic carboxylic acids is 1. The van der Waals surface area contributed by atoms with Gasteiger partial charge in [-0.2, -0.15) is 13.2 Å². The summed E-state index contributed by atoms with van der Waals surface area (Å²) in [6.45, 7) is 0.681. The van der Waals surface area contributed by atoms with Crippen LogP contribution in [-0.4, -0.2) is 52.2 Å². The van der Waals surface area contributed by atoms with Gasteiger partial charge in [0.1, 0.15) is 6.61 Å². The maximum atomic E-state index is 12.8. The van der Waals surface area contributed by atoms with Crippen molar-refractivity contribution in [3.63, 3.8) is 0 Å². The number of ether oxygens (including phenoxy) is 1. The molecule has 1 atom stereocenters. The minimum atomic E-state index is -4.19. The molecule has 1 N–H and O–H groups in total. The predicted octanol–water partition coefficient (Wildman–Crippen LogP) is 3.52. The van der Waals surface area contributed by atoms with Gasteiger partial charge >= 0.3 is 12.1 Å². The van der Waals surface area contributed by atoms with Crippen LogP contribution in [0.1, 0.15) is 49.0 Å². The number of hydrogen-bond donors (Lipinski definition) is 1. The minimum Gasteiger partial charge on any atom is -0.489 e. The minimum absolute atomic E-state index is 0.00737. The van der Waals surface area contributed by atoms with Crippen molar-refractivity contribution in [2.75, 3.05) is 13.2 Å². The highest BCUT2D eigenvalue weighted by Gasteiger charge is 2.44. The summed E-state index contributed by atoms with van der Waals surface area (Å²) >= 11 is 0. The van der Waals surface area contributed by atoms with E-state index in [9.17, 15) is 22.8 Å². The number of pyridine rings is 1. The van der Waals surface area contributed by atoms with Gasteiger partial charge in [0.2, 0.25) is 5.91 Å². The number of carbonyl (C=O) groups is 2. The molecule has 0 radical (unpaired) electrons. The second kappa shape index (κ2) is 8.36. The Balaban J connectivity index is 1.58. The Labute approximate surface area is 160 Å². The molecule has 1 aliphatic carbocycles. The van der Waals surface area contributed by atoms with E-state index in [1.54, 1.807) is 11.0 Å². The molecule has 0 bridgehead atoms. The van der Waals surface area contributed by atoms with E-state index in [-0.39, 0.29) is 61.6 Å². The lowest BCUT2D eigenvalue weighted by atomic mass is 9.81. The molecule has 1 aromatic rings. The fraction of sp³-hybridized carbons (Fsp3) is 0.632. The van der Waals surface area contributed by atoms with E-state index in [2.05, 4.69) is 4.98 Å². The molecule has 1 saturated heterocycles. The Bertz CT molecular complexity index is 717. The number of amides is 1.